The van der Waals surface area contributed by atoms with Crippen molar-refractivity contribution in [2.75, 3.05) is 10.5 Å². The zero-order valence-electron chi connectivity index (χ0n) is 16.6. The van der Waals surface area contributed by atoms with Crippen LogP contribution >= 0.6 is 23.1 Å². The first-order chi connectivity index (χ1) is 14.1. The number of nitrogens with one attached hydrogen (secondary N) is 1. The van der Waals surface area contributed by atoms with Gasteiger partial charge in [0.15, 0.2) is 5.82 Å². The van der Waals surface area contributed by atoms with Gasteiger partial charge in [0.05, 0.1) is 9.10 Å². The topological polar surface area (TPSA) is 118 Å². The Hall–Kier alpha value is -2.37. The van der Waals surface area contributed by atoms with Gasteiger partial charge in [-0.25, -0.2) is 13.2 Å². The van der Waals surface area contributed by atoms with Gasteiger partial charge in [-0.05, 0) is 45.1 Å². The van der Waals surface area contributed by atoms with E-state index in [0.717, 1.165) is 10.4 Å². The Labute approximate surface area is 182 Å². The highest BCUT2D eigenvalue weighted by atomic mass is 32.2. The Bertz CT molecular complexity index is 1210. The summed E-state index contributed by atoms with van der Waals surface area (Å²) in [4.78, 5) is 28.2. The van der Waals surface area contributed by atoms with Crippen LogP contribution in [0.3, 0.4) is 0 Å². The minimum absolute atomic E-state index is 0.0272. The van der Waals surface area contributed by atoms with Crippen molar-refractivity contribution in [2.24, 2.45) is 0 Å². The number of carboxylic acid groups (broad SMARTS) is 1. The zero-order valence-corrected chi connectivity index (χ0v) is 19.1. The fourth-order valence-corrected chi connectivity index (χ4v) is 6.25. The Morgan fingerprint density at radius 1 is 1.23 bits per heavy atom. The highest BCUT2D eigenvalue weighted by molar-refractivity contribution is 8.01. The van der Waals surface area contributed by atoms with Gasteiger partial charge in [0.2, 0.25) is 0 Å². The highest BCUT2D eigenvalue weighted by Crippen LogP contribution is 2.38. The standard InChI is InChI=1S/C19H21N3O5S3/c1-11-6-8-14(9-7-11)30(26,27)21-17-16-18(28-10-4-5-15(23)24)29-13(3)12(2)22(16)19(25)20-17/h6-9H,4-5,10H2,1-3H3,(H,23,24)(H,20,21,25). The van der Waals surface area contributed by atoms with Gasteiger partial charge in [0.1, 0.15) is 5.69 Å². The van der Waals surface area contributed by atoms with E-state index in [1.54, 1.807) is 19.1 Å². The lowest BCUT2D eigenvalue weighted by Gasteiger charge is -2.15. The van der Waals surface area contributed by atoms with Gasteiger partial charge in [-0.1, -0.05) is 17.7 Å². The molecule has 0 aromatic heterocycles. The quantitative estimate of drug-likeness (QED) is 0.385. The van der Waals surface area contributed by atoms with Crippen molar-refractivity contribution in [3.8, 4) is 5.69 Å². The molecular weight excluding hydrogens is 446 g/mol. The molecular formula is C19H21N3O5S3. The Morgan fingerprint density at radius 2 is 1.90 bits per heavy atom. The molecule has 1 aromatic rings. The number of hydrogen-bond acceptors (Lipinski definition) is 7. The lowest BCUT2D eigenvalue weighted by Crippen LogP contribution is -2.17. The third-order valence-electron chi connectivity index (χ3n) is 4.46. The number of hydrogen-bond donors (Lipinski definition) is 2. The molecule has 0 aliphatic carbocycles. The van der Waals surface area contributed by atoms with Crippen LogP contribution in [0.15, 0.2) is 38.2 Å². The van der Waals surface area contributed by atoms with E-state index in [1.807, 2.05) is 13.8 Å². The van der Waals surface area contributed by atoms with Crippen LogP contribution in [0.25, 0.3) is 5.69 Å². The molecule has 11 heteroatoms. The van der Waals surface area contributed by atoms with Crippen LogP contribution in [0.2, 0.25) is 0 Å². The third kappa shape index (κ3) is 4.68. The first-order valence-electron chi connectivity index (χ1n) is 9.07. The number of thioether (sulfide) groups is 1. The van der Waals surface area contributed by atoms with Crippen molar-refractivity contribution in [1.82, 2.24) is 9.55 Å². The summed E-state index contributed by atoms with van der Waals surface area (Å²) in [7, 11) is -3.93. The second-order valence-corrected chi connectivity index (χ2v) is 11.0. The third-order valence-corrected chi connectivity index (χ3v) is 8.35. The molecule has 2 N–H and O–H groups in total. The van der Waals surface area contributed by atoms with E-state index in [9.17, 15) is 18.0 Å². The van der Waals surface area contributed by atoms with Crippen molar-refractivity contribution < 1.29 is 18.3 Å². The van der Waals surface area contributed by atoms with E-state index in [1.165, 1.54) is 39.8 Å². The summed E-state index contributed by atoms with van der Waals surface area (Å²) in [6.07, 6.45) is 0.492. The predicted octanol–water partition coefficient (Wildman–Crippen LogP) is 3.41. The van der Waals surface area contributed by atoms with Gasteiger partial charge in [0.25, 0.3) is 10.0 Å². The van der Waals surface area contributed by atoms with Gasteiger partial charge in [-0.15, -0.1) is 23.1 Å². The SMILES string of the molecule is Cc1ccc(S(=O)(=O)Nc2nc(=O)n3c(C)c(C)sc(SCCCC(=O)O)c2-3)cc1. The number of anilines is 1. The monoisotopic (exact) mass is 467 g/mol. The predicted molar refractivity (Wildman–Crippen MR) is 118 cm³/mol. The number of aryl methyl sites for hydroxylation is 2. The van der Waals surface area contributed by atoms with Crippen molar-refractivity contribution >= 4 is 44.9 Å². The summed E-state index contributed by atoms with van der Waals surface area (Å²) in [5, 5.41) is 8.82. The Kier molecular flexibility index (Phi) is 6.53. The summed E-state index contributed by atoms with van der Waals surface area (Å²) >= 11 is 2.81. The van der Waals surface area contributed by atoms with Gasteiger partial charge < -0.3 is 5.11 Å². The van der Waals surface area contributed by atoms with E-state index in [2.05, 4.69) is 9.71 Å². The molecule has 2 aliphatic heterocycles. The fraction of sp³-hybridized carbons (Fsp3) is 0.316. The zero-order chi connectivity index (χ0) is 22.1. The van der Waals surface area contributed by atoms with Crippen molar-refractivity contribution in [3.63, 3.8) is 0 Å². The van der Waals surface area contributed by atoms with Crippen molar-refractivity contribution in [1.29, 1.82) is 0 Å². The Morgan fingerprint density at radius 3 is 2.53 bits per heavy atom. The molecule has 0 unspecified atom stereocenters. The molecule has 0 fully saturated rings. The number of nitrogens with zero attached hydrogens (tertiary/aromatic N) is 2. The minimum Gasteiger partial charge on any atom is -0.481 e. The molecule has 0 radical (unpaired) electrons. The van der Waals surface area contributed by atoms with Crippen LogP contribution in [0.5, 0.6) is 0 Å². The molecule has 2 aliphatic rings. The van der Waals surface area contributed by atoms with Crippen LogP contribution < -0.4 is 10.4 Å². The molecule has 0 saturated heterocycles. The van der Waals surface area contributed by atoms with Gasteiger partial charge in [0, 0.05) is 17.0 Å². The number of aromatic nitrogens is 2. The maximum atomic E-state index is 12.8. The van der Waals surface area contributed by atoms with Gasteiger partial charge in [-0.2, -0.15) is 4.98 Å². The second kappa shape index (κ2) is 8.78. The molecule has 2 heterocycles. The molecule has 8 nitrogen and oxygen atoms in total. The summed E-state index contributed by atoms with van der Waals surface area (Å²) in [6.45, 7) is 5.51. The molecule has 1 aromatic carbocycles. The van der Waals surface area contributed by atoms with E-state index < -0.39 is 21.7 Å². The lowest BCUT2D eigenvalue weighted by molar-refractivity contribution is -0.137. The van der Waals surface area contributed by atoms with Crippen LogP contribution in [0, 0.1) is 20.8 Å². The second-order valence-electron chi connectivity index (χ2n) is 6.72. The molecule has 160 valence electrons. The highest BCUT2D eigenvalue weighted by Gasteiger charge is 2.26. The van der Waals surface area contributed by atoms with E-state index in [0.29, 0.717) is 27.8 Å². The van der Waals surface area contributed by atoms with Crippen LogP contribution in [0.4, 0.5) is 5.82 Å². The molecule has 3 rings (SSSR count). The molecule has 0 atom stereocenters. The number of aliphatic carboxylic acids is 1. The molecule has 0 spiro atoms. The molecule has 0 bridgehead atoms. The summed E-state index contributed by atoms with van der Waals surface area (Å²) in [5.41, 5.74) is 1.44. The fourth-order valence-electron chi connectivity index (χ4n) is 2.78. The molecule has 30 heavy (non-hydrogen) atoms. The average Bonchev–Trinajstić information content (AvgIpc) is 2.98. The number of benzene rings is 1. The van der Waals surface area contributed by atoms with Crippen molar-refractivity contribution in [2.45, 2.75) is 42.7 Å². The first kappa shape index (κ1) is 22.3. The number of fused-ring (bicyclic) bond motifs is 1. The number of rotatable bonds is 8. The first-order valence-corrected chi connectivity index (χ1v) is 12.4. The maximum absolute atomic E-state index is 12.8. The van der Waals surface area contributed by atoms with Crippen LogP contribution in [0.1, 0.15) is 29.0 Å². The van der Waals surface area contributed by atoms with E-state index >= 15 is 0 Å². The number of carboxylic acids is 1. The van der Waals surface area contributed by atoms with E-state index in [4.69, 9.17) is 5.11 Å². The average molecular weight is 468 g/mol. The molecule has 0 saturated carbocycles. The summed E-state index contributed by atoms with van der Waals surface area (Å²) in [5.74, 6) is -0.382. The van der Waals surface area contributed by atoms with Crippen LogP contribution in [-0.2, 0) is 14.8 Å². The summed E-state index contributed by atoms with van der Waals surface area (Å²) < 4.78 is 30.2. The number of imidazole rings is 1. The summed E-state index contributed by atoms with van der Waals surface area (Å²) in [6, 6.07) is 6.37. The smallest absolute Gasteiger partial charge is 0.354 e. The van der Waals surface area contributed by atoms with E-state index in [-0.39, 0.29) is 17.1 Å². The minimum atomic E-state index is -3.93. The largest absolute Gasteiger partial charge is 0.481 e. The van der Waals surface area contributed by atoms with Crippen molar-refractivity contribution in [3.05, 3.63) is 50.9 Å². The normalized spacial score (nSPS) is 11.7. The lowest BCUT2D eigenvalue weighted by atomic mass is 10.2. The van der Waals surface area contributed by atoms with Gasteiger partial charge >= 0.3 is 11.7 Å². The van der Waals surface area contributed by atoms with Crippen LogP contribution in [-0.4, -0.2) is 34.8 Å². The molecule has 0 amide bonds. The maximum Gasteiger partial charge on any atom is 0.354 e. The number of carbonyl (C=O) groups is 1. The number of sulfonamides is 1. The Balaban J connectivity index is 2.01. The van der Waals surface area contributed by atoms with Gasteiger partial charge in [-0.3, -0.25) is 14.1 Å².